The molecule has 0 radical (unpaired) electrons. The molecule has 0 aliphatic heterocycles. The Hall–Kier alpha value is -10.8. The summed E-state index contributed by atoms with van der Waals surface area (Å²) in [4.78, 5) is 0. The zero-order valence-electron chi connectivity index (χ0n) is 81.4. The highest BCUT2D eigenvalue weighted by atomic mass is 31.2. The number of nitrogens with zero attached hydrogens (tertiary/aromatic N) is 3. The summed E-state index contributed by atoms with van der Waals surface area (Å²) in [6, 6.07) is 84.0. The van der Waals surface area contributed by atoms with Gasteiger partial charge in [0.1, 0.15) is 34.5 Å². The van der Waals surface area contributed by atoms with Crippen LogP contribution in [0.25, 0.3) is 21.5 Å². The van der Waals surface area contributed by atoms with Crippen molar-refractivity contribution in [2.45, 2.75) is 179 Å². The first kappa shape index (κ1) is 104. The fourth-order valence-electron chi connectivity index (χ4n) is 16.2. The molecule has 11 aromatic rings. The van der Waals surface area contributed by atoms with E-state index in [2.05, 4.69) is 306 Å². The summed E-state index contributed by atoms with van der Waals surface area (Å²) in [6.07, 6.45) is 6.53. The first-order valence-electron chi connectivity index (χ1n) is 45.8. The van der Waals surface area contributed by atoms with Gasteiger partial charge in [-0.25, -0.2) is 0 Å². The van der Waals surface area contributed by atoms with Gasteiger partial charge in [-0.1, -0.05) is 207 Å². The Morgan fingerprint density at radius 1 is 0.351 bits per heavy atom. The molecule has 0 saturated carbocycles. The van der Waals surface area contributed by atoms with Crippen LogP contribution in [0.3, 0.4) is 0 Å². The normalized spacial score (nSPS) is 13.0. The predicted molar refractivity (Wildman–Crippen MR) is 555 cm³/mol. The second-order valence-electron chi connectivity index (χ2n) is 37.0. The Bertz CT molecular complexity index is 5110. The first-order valence-corrected chi connectivity index (χ1v) is 51.6. The van der Waals surface area contributed by atoms with Crippen LogP contribution < -0.4 is 92.1 Å². The summed E-state index contributed by atoms with van der Waals surface area (Å²) in [5, 5.41) is 33.0. The molecule has 0 heterocycles. The third kappa shape index (κ3) is 28.4. The van der Waals surface area contributed by atoms with Crippen LogP contribution in [0.4, 0.5) is 18.9 Å². The van der Waals surface area contributed by atoms with Crippen LogP contribution in [0.1, 0.15) is 170 Å². The summed E-state index contributed by atoms with van der Waals surface area (Å²) >= 11 is 0. The summed E-state index contributed by atoms with van der Waals surface area (Å²) in [5.41, 5.74) is 2.39. The van der Waals surface area contributed by atoms with E-state index < -0.39 is 32.9 Å². The van der Waals surface area contributed by atoms with Gasteiger partial charge in [-0.3, -0.25) is 9.49 Å². The number of hydrogen-bond donors (Lipinski definition) is 6. The highest BCUT2D eigenvalue weighted by Gasteiger charge is 2.36. The lowest BCUT2D eigenvalue weighted by Gasteiger charge is -2.35. The van der Waals surface area contributed by atoms with Crippen molar-refractivity contribution in [3.05, 3.63) is 308 Å². The van der Waals surface area contributed by atoms with E-state index in [4.69, 9.17) is 42.7 Å². The second-order valence-corrected chi connectivity index (χ2v) is 47.0. The Morgan fingerprint density at radius 3 is 0.901 bits per heavy atom. The van der Waals surface area contributed by atoms with Crippen molar-refractivity contribution in [2.75, 3.05) is 86.1 Å². The van der Waals surface area contributed by atoms with Crippen molar-refractivity contribution in [2.24, 2.45) is 30.5 Å². The minimum absolute atomic E-state index is 0.0219. The Kier molecular flexibility index (Phi) is 38.1. The highest BCUT2D eigenvalue weighted by Crippen LogP contribution is 2.54. The van der Waals surface area contributed by atoms with Crippen LogP contribution in [0, 0.1) is 23.2 Å². The lowest BCUT2D eigenvalue weighted by Crippen LogP contribution is -2.45. The number of alkyl halides is 3. The lowest BCUT2D eigenvalue weighted by atomic mass is 9.87. The molecule has 11 aromatic carbocycles. The van der Waals surface area contributed by atoms with Gasteiger partial charge in [0.05, 0.1) is 130 Å². The van der Waals surface area contributed by atoms with E-state index >= 15 is 0 Å². The van der Waals surface area contributed by atoms with Crippen LogP contribution in [-0.4, -0.2) is 98.9 Å². The minimum atomic E-state index is -4.38. The monoisotopic (exact) mass is 1840 g/mol. The maximum atomic E-state index is 13.3. The number of halogens is 3. The average molecular weight is 1840 g/mol. The molecular weight excluding hydrogens is 1690 g/mol. The molecule has 5 atom stereocenters. The number of aryl methyl sites for hydroxylation is 1. The zero-order chi connectivity index (χ0) is 95.3. The standard InChI is InChI=1S/2C41H48N3O3P.C28H49F3N3P/c2*1-29(38-15-11-13-31-12-9-10-14-39(31)38)43-30(2)44-40(41(3,4)5)28-42-48(35-22-16-32(45-6)17-23-35,36-24-18-33(46-7)19-25-36)37-26-20-34(47-8)21-27-37;1-9-12-15-35(16-13-10-2,17-14-11-3)32-21-26(27(6,7)8)34-23(5)33-25-19-22(4)18-24(20-25)28(29,30)31/h2*9-27,29,40,43-44H,2,28H2,1,3-8H3;18-20,26,33-34H,5,9-17,21H2,1-4,6-8H3/t2*29-,40+;26-/m100/s1. The van der Waals surface area contributed by atoms with E-state index in [9.17, 15) is 13.2 Å². The molecule has 702 valence electrons. The molecule has 21 heteroatoms. The summed E-state index contributed by atoms with van der Waals surface area (Å²) < 4.78 is 90.1. The Balaban J connectivity index is 0.000000225. The molecule has 131 heavy (non-hydrogen) atoms. The first-order chi connectivity index (χ1) is 62.4. The fraction of sp³-hybridized carbons (Fsp3) is 0.382. The molecule has 0 fully saturated rings. The zero-order valence-corrected chi connectivity index (χ0v) is 84.1. The second kappa shape index (κ2) is 48.1. The molecule has 0 aromatic heterocycles. The summed E-state index contributed by atoms with van der Waals surface area (Å²) in [6.45, 7) is 47.5. The predicted octanol–water partition coefficient (Wildman–Crippen LogP) is 25.8. The van der Waals surface area contributed by atoms with Gasteiger partial charge in [0.15, 0.2) is 0 Å². The molecule has 0 unspecified atom stereocenters. The maximum Gasteiger partial charge on any atom is 0.416 e. The lowest BCUT2D eigenvalue weighted by molar-refractivity contribution is -0.137. The van der Waals surface area contributed by atoms with Crippen molar-refractivity contribution in [1.82, 2.24) is 26.6 Å². The van der Waals surface area contributed by atoms with Crippen molar-refractivity contribution in [1.29, 1.82) is 0 Å². The highest BCUT2D eigenvalue weighted by molar-refractivity contribution is 7.87. The average Bonchev–Trinajstić information content (AvgIpc) is 0.752. The van der Waals surface area contributed by atoms with E-state index in [1.54, 1.807) is 55.6 Å². The molecule has 6 N–H and O–H groups in total. The topological polar surface area (TPSA) is 165 Å². The van der Waals surface area contributed by atoms with Gasteiger partial charge in [0.25, 0.3) is 0 Å². The van der Waals surface area contributed by atoms with Gasteiger partial charge in [0.2, 0.25) is 0 Å². The largest absolute Gasteiger partial charge is 0.497 e. The molecular formula is C110H145F3N9O6P3. The van der Waals surface area contributed by atoms with E-state index in [1.165, 1.54) is 89.7 Å². The molecule has 15 nitrogen and oxygen atoms in total. The quantitative estimate of drug-likeness (QED) is 0.0201. The van der Waals surface area contributed by atoms with E-state index in [-0.39, 0.29) is 46.5 Å². The molecule has 11 rings (SSSR count). The van der Waals surface area contributed by atoms with E-state index in [0.717, 1.165) is 90.1 Å². The van der Waals surface area contributed by atoms with Crippen molar-refractivity contribution in [3.63, 3.8) is 0 Å². The molecule has 0 amide bonds. The van der Waals surface area contributed by atoms with Crippen molar-refractivity contribution < 1.29 is 41.6 Å². The number of unbranched alkanes of at least 4 members (excludes halogenated alkanes) is 3. The van der Waals surface area contributed by atoms with Gasteiger partial charge in [-0.2, -0.15) is 13.2 Å². The van der Waals surface area contributed by atoms with Crippen LogP contribution in [0.15, 0.2) is 300 Å². The van der Waals surface area contributed by atoms with Gasteiger partial charge in [0, 0.05) is 37.5 Å². The number of rotatable bonds is 41. The summed E-state index contributed by atoms with van der Waals surface area (Å²) in [7, 11) is 3.65. The maximum absolute atomic E-state index is 13.3. The molecule has 0 saturated heterocycles. The number of methoxy groups -OCH3 is 6. The van der Waals surface area contributed by atoms with Gasteiger partial charge < -0.3 is 65.1 Å². The third-order valence-corrected chi connectivity index (χ3v) is 35.9. The molecule has 0 aliphatic carbocycles. The number of ether oxygens (including phenoxy) is 6. The van der Waals surface area contributed by atoms with Crippen LogP contribution in [0.5, 0.6) is 34.5 Å². The smallest absolute Gasteiger partial charge is 0.416 e. The Morgan fingerprint density at radius 2 is 0.626 bits per heavy atom. The van der Waals surface area contributed by atoms with Crippen molar-refractivity contribution in [3.8, 4) is 34.5 Å². The van der Waals surface area contributed by atoms with Crippen LogP contribution in [0.2, 0.25) is 0 Å². The number of nitrogens with one attached hydrogen (secondary N) is 6. The molecule has 0 bridgehead atoms. The van der Waals surface area contributed by atoms with Crippen molar-refractivity contribution >= 4 is 80.2 Å². The molecule has 0 aliphatic rings. The number of benzene rings is 11. The van der Waals surface area contributed by atoms with Gasteiger partial charge in [-0.15, -0.1) is 0 Å². The number of anilines is 1. The molecule has 0 spiro atoms. The fourth-order valence-corrected chi connectivity index (χ4v) is 27.6. The SMILES string of the molecule is C=C(N[C@@H](C)c1cccc2ccccc12)N[C@H](CN=P(c1ccc(OC)cc1)(c1ccc(OC)cc1)c1ccc(OC)cc1)C(C)(C)C.C=C(N[C@@H](CN=P(c1ccc(OC)cc1)(c1ccc(OC)cc1)c1ccc(OC)cc1)C(C)(C)C)N[C@H](C)c1cccc2ccccc12.C=C(Nc1cc(C)cc(C(F)(F)F)c1)N[C@@H](CN=P(CCCC)(CCCC)CCCC)C(C)(C)C. The van der Waals surface area contributed by atoms with Gasteiger partial charge in [-0.05, 0) is 284 Å². The third-order valence-electron chi connectivity index (χ3n) is 24.2. The van der Waals surface area contributed by atoms with E-state index in [1.807, 2.05) is 72.8 Å². The number of fused-ring (bicyclic) bond motifs is 2. The summed E-state index contributed by atoms with van der Waals surface area (Å²) in [5.74, 6) is 6.86. The number of hydrogen-bond acceptors (Lipinski definition) is 15. The van der Waals surface area contributed by atoms with Gasteiger partial charge >= 0.3 is 6.18 Å². The van der Waals surface area contributed by atoms with E-state index in [0.29, 0.717) is 36.7 Å². The minimum Gasteiger partial charge on any atom is -0.497 e. The van der Waals surface area contributed by atoms with Crippen LogP contribution in [-0.2, 0) is 6.18 Å². The van der Waals surface area contributed by atoms with Crippen LogP contribution >= 0.6 is 21.2 Å². The Labute approximate surface area is 781 Å².